The number of nitrogens with one attached hydrogen (secondary N) is 1. The Morgan fingerprint density at radius 2 is 2.25 bits per heavy atom. The van der Waals surface area contributed by atoms with Gasteiger partial charge in [0.2, 0.25) is 0 Å². The van der Waals surface area contributed by atoms with E-state index >= 15 is 0 Å². The second-order valence-electron chi connectivity index (χ2n) is 5.15. The van der Waals surface area contributed by atoms with Crippen molar-refractivity contribution in [2.24, 2.45) is 0 Å². The molecule has 1 aromatic rings. The lowest BCUT2D eigenvalue weighted by Gasteiger charge is -2.27. The molecular weight excluding hydrogens is 252 g/mol. The molecule has 0 bridgehead atoms. The second-order valence-corrected chi connectivity index (χ2v) is 5.15. The minimum atomic E-state index is 0.341. The van der Waals surface area contributed by atoms with Gasteiger partial charge in [0.1, 0.15) is 5.75 Å². The molecule has 4 nitrogen and oxygen atoms in total. The fourth-order valence-corrected chi connectivity index (χ4v) is 2.63. The van der Waals surface area contributed by atoms with Gasteiger partial charge >= 0.3 is 0 Å². The first-order valence-corrected chi connectivity index (χ1v) is 7.51. The minimum absolute atomic E-state index is 0.341. The summed E-state index contributed by atoms with van der Waals surface area (Å²) in [5.41, 5.74) is 1.29. The van der Waals surface area contributed by atoms with Crippen molar-refractivity contribution in [3.8, 4) is 5.75 Å². The summed E-state index contributed by atoms with van der Waals surface area (Å²) in [4.78, 5) is 2.49. The molecule has 20 heavy (non-hydrogen) atoms. The van der Waals surface area contributed by atoms with Crippen LogP contribution in [0.15, 0.2) is 24.3 Å². The fourth-order valence-electron chi connectivity index (χ4n) is 2.63. The standard InChI is InChI=1S/C16H26N2O2/c1-3-17-16(13-18-8-5-10-20-11-9-18)14-6-4-7-15(12-14)19-2/h4,6-7,12,16-17H,3,5,8-11,13H2,1-2H3. The van der Waals surface area contributed by atoms with Crippen LogP contribution in [0.3, 0.4) is 0 Å². The smallest absolute Gasteiger partial charge is 0.119 e. The lowest BCUT2D eigenvalue weighted by molar-refractivity contribution is 0.139. The summed E-state index contributed by atoms with van der Waals surface area (Å²) in [5.74, 6) is 0.921. The molecule has 1 heterocycles. The summed E-state index contributed by atoms with van der Waals surface area (Å²) in [7, 11) is 1.72. The maximum atomic E-state index is 5.53. The number of ether oxygens (including phenoxy) is 2. The van der Waals surface area contributed by atoms with Crippen molar-refractivity contribution < 1.29 is 9.47 Å². The van der Waals surface area contributed by atoms with Crippen molar-refractivity contribution >= 4 is 0 Å². The third-order valence-electron chi connectivity index (χ3n) is 3.70. The second kappa shape index (κ2) is 8.25. The normalized spacial score (nSPS) is 18.5. The summed E-state index contributed by atoms with van der Waals surface area (Å²) < 4.78 is 10.9. The molecule has 1 aliphatic rings. The zero-order valence-corrected chi connectivity index (χ0v) is 12.6. The summed E-state index contributed by atoms with van der Waals surface area (Å²) in [6.07, 6.45) is 1.12. The van der Waals surface area contributed by atoms with Crippen LogP contribution in [0, 0.1) is 0 Å². The van der Waals surface area contributed by atoms with Gasteiger partial charge in [0.05, 0.1) is 13.7 Å². The van der Waals surface area contributed by atoms with Crippen LogP contribution in [-0.4, -0.2) is 51.4 Å². The van der Waals surface area contributed by atoms with Gasteiger partial charge in [-0.3, -0.25) is 4.90 Å². The highest BCUT2D eigenvalue weighted by Crippen LogP contribution is 2.20. The molecule has 4 heteroatoms. The van der Waals surface area contributed by atoms with E-state index in [0.717, 1.165) is 51.6 Å². The van der Waals surface area contributed by atoms with Crippen molar-refractivity contribution in [1.29, 1.82) is 0 Å². The Balaban J connectivity index is 2.04. The largest absolute Gasteiger partial charge is 0.497 e. The minimum Gasteiger partial charge on any atom is -0.497 e. The molecule has 0 aromatic heterocycles. The van der Waals surface area contributed by atoms with Gasteiger partial charge in [-0.1, -0.05) is 19.1 Å². The molecule has 0 radical (unpaired) electrons. The number of hydrogen-bond donors (Lipinski definition) is 1. The first-order chi connectivity index (χ1) is 9.83. The number of nitrogens with zero attached hydrogens (tertiary/aromatic N) is 1. The van der Waals surface area contributed by atoms with Gasteiger partial charge in [-0.05, 0) is 30.7 Å². The number of likely N-dealkylation sites (N-methyl/N-ethyl adjacent to an activating group) is 1. The third-order valence-corrected chi connectivity index (χ3v) is 3.70. The van der Waals surface area contributed by atoms with Gasteiger partial charge in [0, 0.05) is 32.3 Å². The zero-order chi connectivity index (χ0) is 14.2. The summed E-state index contributed by atoms with van der Waals surface area (Å²) in [6, 6.07) is 8.69. The molecule has 1 saturated heterocycles. The zero-order valence-electron chi connectivity index (χ0n) is 12.6. The van der Waals surface area contributed by atoms with E-state index < -0.39 is 0 Å². The van der Waals surface area contributed by atoms with E-state index in [4.69, 9.17) is 9.47 Å². The van der Waals surface area contributed by atoms with E-state index in [-0.39, 0.29) is 0 Å². The average molecular weight is 278 g/mol. The maximum Gasteiger partial charge on any atom is 0.119 e. The third kappa shape index (κ3) is 4.47. The molecule has 112 valence electrons. The van der Waals surface area contributed by atoms with Crippen molar-refractivity contribution in [1.82, 2.24) is 10.2 Å². The molecule has 0 saturated carbocycles. The number of rotatable bonds is 6. The summed E-state index contributed by atoms with van der Waals surface area (Å²) in [5, 5.41) is 3.58. The van der Waals surface area contributed by atoms with Crippen LogP contribution in [0.4, 0.5) is 0 Å². The van der Waals surface area contributed by atoms with Crippen molar-refractivity contribution in [3.63, 3.8) is 0 Å². The monoisotopic (exact) mass is 278 g/mol. The molecule has 0 spiro atoms. The predicted octanol–water partition coefficient (Wildman–Crippen LogP) is 2.07. The van der Waals surface area contributed by atoms with Crippen molar-refractivity contribution in [3.05, 3.63) is 29.8 Å². The van der Waals surface area contributed by atoms with E-state index in [9.17, 15) is 0 Å². The molecule has 1 fully saturated rings. The first-order valence-electron chi connectivity index (χ1n) is 7.51. The van der Waals surface area contributed by atoms with Gasteiger partial charge in [0.25, 0.3) is 0 Å². The number of hydrogen-bond acceptors (Lipinski definition) is 4. The van der Waals surface area contributed by atoms with E-state index in [1.165, 1.54) is 5.56 Å². The van der Waals surface area contributed by atoms with Crippen LogP contribution >= 0.6 is 0 Å². The molecule has 1 N–H and O–H groups in total. The molecule has 0 amide bonds. The topological polar surface area (TPSA) is 33.7 Å². The molecular formula is C16H26N2O2. The van der Waals surface area contributed by atoms with Crippen LogP contribution in [0.2, 0.25) is 0 Å². The number of benzene rings is 1. The SMILES string of the molecule is CCNC(CN1CCCOCC1)c1cccc(OC)c1. The van der Waals surface area contributed by atoms with Gasteiger partial charge in [0.15, 0.2) is 0 Å². The Bertz CT molecular complexity index is 390. The quantitative estimate of drug-likeness (QED) is 0.864. The lowest BCUT2D eigenvalue weighted by atomic mass is 10.1. The summed E-state index contributed by atoms with van der Waals surface area (Å²) in [6.45, 7) is 8.01. The van der Waals surface area contributed by atoms with E-state index in [1.807, 2.05) is 6.07 Å². The molecule has 1 aromatic carbocycles. The fraction of sp³-hybridized carbons (Fsp3) is 0.625. The van der Waals surface area contributed by atoms with Gasteiger partial charge in [-0.2, -0.15) is 0 Å². The molecule has 2 rings (SSSR count). The van der Waals surface area contributed by atoms with Crippen molar-refractivity contribution in [2.45, 2.75) is 19.4 Å². The Morgan fingerprint density at radius 1 is 1.35 bits per heavy atom. The Hall–Kier alpha value is -1.10. The molecule has 0 aliphatic carbocycles. The van der Waals surface area contributed by atoms with Crippen LogP contribution < -0.4 is 10.1 Å². The Kier molecular flexibility index (Phi) is 6.30. The first kappa shape index (κ1) is 15.3. The van der Waals surface area contributed by atoms with Gasteiger partial charge < -0.3 is 14.8 Å². The molecule has 1 unspecified atom stereocenters. The van der Waals surface area contributed by atoms with Crippen LogP contribution in [-0.2, 0) is 4.74 Å². The highest BCUT2D eigenvalue weighted by Gasteiger charge is 2.17. The average Bonchev–Trinajstić information content (AvgIpc) is 2.75. The Labute approximate surface area is 122 Å². The highest BCUT2D eigenvalue weighted by atomic mass is 16.5. The Morgan fingerprint density at radius 3 is 3.05 bits per heavy atom. The number of methoxy groups -OCH3 is 1. The molecule has 1 atom stereocenters. The maximum absolute atomic E-state index is 5.53. The molecule has 1 aliphatic heterocycles. The van der Waals surface area contributed by atoms with Gasteiger partial charge in [-0.25, -0.2) is 0 Å². The van der Waals surface area contributed by atoms with Crippen LogP contribution in [0.5, 0.6) is 5.75 Å². The van der Waals surface area contributed by atoms with Crippen LogP contribution in [0.25, 0.3) is 0 Å². The predicted molar refractivity (Wildman–Crippen MR) is 81.3 cm³/mol. The lowest BCUT2D eigenvalue weighted by Crippen LogP contribution is -2.36. The van der Waals surface area contributed by atoms with Crippen LogP contribution in [0.1, 0.15) is 24.9 Å². The van der Waals surface area contributed by atoms with E-state index in [1.54, 1.807) is 7.11 Å². The van der Waals surface area contributed by atoms with Crippen molar-refractivity contribution in [2.75, 3.05) is 46.5 Å². The van der Waals surface area contributed by atoms with E-state index in [2.05, 4.69) is 35.3 Å². The summed E-state index contributed by atoms with van der Waals surface area (Å²) >= 11 is 0. The van der Waals surface area contributed by atoms with Gasteiger partial charge in [-0.15, -0.1) is 0 Å². The highest BCUT2D eigenvalue weighted by molar-refractivity contribution is 5.30. The van der Waals surface area contributed by atoms with E-state index in [0.29, 0.717) is 6.04 Å².